The molecule has 11 heteroatoms. The van der Waals surface area contributed by atoms with E-state index in [1.165, 1.54) is 0 Å². The molecular weight excluding hydrogens is 937 g/mol. The lowest BCUT2D eigenvalue weighted by molar-refractivity contribution is -0.129. The molecule has 2 atom stereocenters. The molecule has 2 heterocycles. The molecule has 5 aromatic carbocycles. The number of nitrogens with zero attached hydrogens (tertiary/aromatic N) is 1. The number of hydrogen-bond acceptors (Lipinski definition) is 7. The second-order valence-corrected chi connectivity index (χ2v) is 15.7. The number of fused-ring (bicyclic) bond motifs is 1. The summed E-state index contributed by atoms with van der Waals surface area (Å²) in [6, 6.07) is 35.2. The summed E-state index contributed by atoms with van der Waals surface area (Å²) in [5, 5.41) is 6.39. The van der Waals surface area contributed by atoms with E-state index in [-0.39, 0.29) is 11.6 Å². The van der Waals surface area contributed by atoms with Crippen molar-refractivity contribution in [2.75, 3.05) is 13.2 Å². The van der Waals surface area contributed by atoms with Gasteiger partial charge in [0.1, 0.15) is 5.52 Å². The molecule has 53 heavy (non-hydrogen) atoms. The van der Waals surface area contributed by atoms with Gasteiger partial charge < -0.3 is 19.7 Å². The lowest BCUT2D eigenvalue weighted by Crippen LogP contribution is -2.35. The Bertz CT molecular complexity index is 2370. The van der Waals surface area contributed by atoms with Gasteiger partial charge in [-0.15, -0.1) is 0 Å². The van der Waals surface area contributed by atoms with Crippen molar-refractivity contribution in [3.8, 4) is 11.3 Å². The second kappa shape index (κ2) is 16.4. The first kappa shape index (κ1) is 37.6. The molecule has 2 N–H and O–H groups in total. The number of hydrogen-bond donors (Lipinski definition) is 1. The van der Waals surface area contributed by atoms with Crippen LogP contribution in [0, 0.1) is 13.1 Å². The number of halogens is 4. The normalized spacial score (nSPS) is 17.6. The van der Waals surface area contributed by atoms with E-state index in [4.69, 9.17) is 42.9 Å². The summed E-state index contributed by atoms with van der Waals surface area (Å²) in [6.07, 6.45) is 5.06. The number of carbonyl (C=O) groups excluding carboxylic acids is 2. The molecule has 0 bridgehead atoms. The van der Waals surface area contributed by atoms with Crippen LogP contribution in [-0.4, -0.2) is 36.0 Å². The highest BCUT2D eigenvalue weighted by Crippen LogP contribution is 2.41. The third-order valence-electron chi connectivity index (χ3n) is 8.91. The summed E-state index contributed by atoms with van der Waals surface area (Å²) in [5.41, 5.74) is 11.3. The molecular formula is C42H30Cl2I2N2O5. The minimum Gasteiger partial charge on any atom is -0.355 e. The first-order valence-electron chi connectivity index (χ1n) is 16.6. The average Bonchev–Trinajstić information content (AvgIpc) is 3.84. The van der Waals surface area contributed by atoms with E-state index >= 15 is 0 Å². The van der Waals surface area contributed by atoms with Gasteiger partial charge in [0, 0.05) is 56.6 Å². The number of Topliss-reactive ketones (excluding diaryl/α,β-unsaturated/α-hetero) is 2. The van der Waals surface area contributed by atoms with Crippen LogP contribution in [0.2, 0.25) is 10.0 Å². The number of allylic oxidation sites excluding steroid dienone is 2. The third-order valence-corrected chi connectivity index (χ3v) is 10.8. The Morgan fingerprint density at radius 1 is 0.755 bits per heavy atom. The fourth-order valence-corrected chi connectivity index (χ4v) is 7.60. The van der Waals surface area contributed by atoms with Crippen LogP contribution in [0.15, 0.2) is 144 Å². The molecule has 1 aromatic heterocycles. The monoisotopic (exact) mass is 966 g/mol. The van der Waals surface area contributed by atoms with Gasteiger partial charge in [-0.2, -0.15) is 0 Å². The van der Waals surface area contributed by atoms with Crippen LogP contribution in [0.4, 0.5) is 0 Å². The molecule has 0 amide bonds. The van der Waals surface area contributed by atoms with Gasteiger partial charge in [-0.05, 0) is 118 Å². The van der Waals surface area contributed by atoms with Crippen LogP contribution in [0.5, 0.6) is 0 Å². The van der Waals surface area contributed by atoms with Crippen LogP contribution >= 0.6 is 68.4 Å². The van der Waals surface area contributed by atoms with Crippen molar-refractivity contribution in [2.45, 2.75) is 11.8 Å². The zero-order chi connectivity index (χ0) is 37.1. The molecule has 1 fully saturated rings. The minimum atomic E-state index is -0.960. The predicted octanol–water partition coefficient (Wildman–Crippen LogP) is 10.5. The number of ketones is 2. The van der Waals surface area contributed by atoms with E-state index in [9.17, 15) is 9.59 Å². The highest BCUT2D eigenvalue weighted by atomic mass is 127. The van der Waals surface area contributed by atoms with Gasteiger partial charge in [-0.1, -0.05) is 89.1 Å². The molecule has 2 unspecified atom stereocenters. The number of carbonyl (C=O) groups is 2. The van der Waals surface area contributed by atoms with Crippen molar-refractivity contribution in [1.29, 1.82) is 0 Å². The summed E-state index contributed by atoms with van der Waals surface area (Å²) in [6.45, 7) is 1.04. The Kier molecular flexibility index (Phi) is 11.6. The van der Waals surface area contributed by atoms with E-state index < -0.39 is 17.7 Å². The van der Waals surface area contributed by atoms with Crippen LogP contribution in [0.3, 0.4) is 0 Å². The molecule has 7 nitrogen and oxygen atoms in total. The van der Waals surface area contributed by atoms with E-state index in [0.29, 0.717) is 40.0 Å². The smallest absolute Gasteiger partial charge is 0.222 e. The zero-order valence-corrected chi connectivity index (χ0v) is 33.7. The average molecular weight is 967 g/mol. The van der Waals surface area contributed by atoms with Crippen LogP contribution < -0.4 is 5.73 Å². The number of rotatable bonds is 7. The van der Waals surface area contributed by atoms with Crippen LogP contribution in [-0.2, 0) is 15.3 Å². The van der Waals surface area contributed by atoms with Crippen molar-refractivity contribution in [3.63, 3.8) is 0 Å². The van der Waals surface area contributed by atoms with E-state index in [1.807, 2.05) is 78.9 Å². The van der Waals surface area contributed by atoms with Gasteiger partial charge in [0.15, 0.2) is 17.3 Å². The van der Waals surface area contributed by atoms with Gasteiger partial charge >= 0.3 is 0 Å². The molecule has 1 aliphatic heterocycles. The van der Waals surface area contributed by atoms with Crippen molar-refractivity contribution in [1.82, 2.24) is 5.16 Å². The highest BCUT2D eigenvalue weighted by Gasteiger charge is 2.41. The van der Waals surface area contributed by atoms with Crippen LogP contribution in [0.1, 0.15) is 31.8 Å². The maximum absolute atomic E-state index is 12.8. The summed E-state index contributed by atoms with van der Waals surface area (Å²) in [7, 11) is 0. The number of nitrogens with two attached hydrogens (primary N) is 1. The molecule has 0 spiro atoms. The Morgan fingerprint density at radius 2 is 1.40 bits per heavy atom. The number of benzene rings is 5. The van der Waals surface area contributed by atoms with E-state index in [0.717, 1.165) is 40.5 Å². The Labute approximate surface area is 343 Å². The summed E-state index contributed by atoms with van der Waals surface area (Å²) >= 11 is 16.4. The standard InChI is InChI=1S/C22H15ClINO3.C20H15ClINO2/c23-17-7-4-15(5-8-17)22(26-10-11-27-22)16-6-9-20-19(13-16)21(28-25-20)14-2-1-3-18(24)12-14;21-15-7-4-12(5-8-15)19(24)14-6-9-18(23)17(11-14)20(25)13-2-1-3-16(22)10-13/h1-9,12-13H,10-11H2;1-11,17-18H,23H2. The second-order valence-electron chi connectivity index (χ2n) is 12.4. The van der Waals surface area contributed by atoms with Crippen molar-refractivity contribution >= 4 is 90.9 Å². The Hall–Kier alpha value is -3.69. The molecule has 1 saturated heterocycles. The van der Waals surface area contributed by atoms with Crippen molar-refractivity contribution in [3.05, 3.63) is 179 Å². The first-order chi connectivity index (χ1) is 25.6. The number of ether oxygens (including phenoxy) is 2. The summed E-state index contributed by atoms with van der Waals surface area (Å²) in [5.74, 6) is -1.02. The van der Waals surface area contributed by atoms with Crippen molar-refractivity contribution < 1.29 is 23.6 Å². The largest absolute Gasteiger partial charge is 0.355 e. The topological polar surface area (TPSA) is 105 Å². The van der Waals surface area contributed by atoms with E-state index in [1.54, 1.807) is 48.6 Å². The quantitative estimate of drug-likeness (QED) is 0.126. The lowest BCUT2D eigenvalue weighted by Gasteiger charge is -2.28. The molecule has 8 rings (SSSR count). The minimum absolute atomic E-state index is 0.0863. The maximum Gasteiger partial charge on any atom is 0.222 e. The Morgan fingerprint density at radius 3 is 2.08 bits per heavy atom. The fraction of sp³-hybridized carbons (Fsp3) is 0.119. The van der Waals surface area contributed by atoms with Gasteiger partial charge in [-0.3, -0.25) is 9.59 Å². The number of aromatic nitrogens is 1. The Balaban J connectivity index is 0.000000166. The zero-order valence-electron chi connectivity index (χ0n) is 27.8. The van der Waals surface area contributed by atoms with Crippen molar-refractivity contribution in [2.24, 2.45) is 11.7 Å². The third kappa shape index (κ3) is 8.21. The van der Waals surface area contributed by atoms with Gasteiger partial charge in [0.2, 0.25) is 5.79 Å². The molecule has 2 aliphatic rings. The molecule has 6 aromatic rings. The SMILES string of the molecule is Clc1ccc(C2(c3ccc4noc(-c5cccc(I)c5)c4c3)OCCO2)cc1.NC1C=CC(C(=O)c2ccc(Cl)cc2)=CC1C(=O)c1cccc(I)c1. The van der Waals surface area contributed by atoms with Gasteiger partial charge in [0.05, 0.1) is 24.5 Å². The van der Waals surface area contributed by atoms with E-state index in [2.05, 4.69) is 56.4 Å². The van der Waals surface area contributed by atoms with Crippen LogP contribution in [0.25, 0.3) is 22.2 Å². The summed E-state index contributed by atoms with van der Waals surface area (Å²) in [4.78, 5) is 25.5. The highest BCUT2D eigenvalue weighted by molar-refractivity contribution is 14.1. The molecule has 0 radical (unpaired) electrons. The van der Waals surface area contributed by atoms with Gasteiger partial charge in [-0.25, -0.2) is 0 Å². The lowest BCUT2D eigenvalue weighted by atomic mass is 9.84. The fourth-order valence-electron chi connectivity index (χ4n) is 6.26. The maximum atomic E-state index is 12.8. The first-order valence-corrected chi connectivity index (χ1v) is 19.5. The molecule has 1 aliphatic carbocycles. The predicted molar refractivity (Wildman–Crippen MR) is 224 cm³/mol. The van der Waals surface area contributed by atoms with Gasteiger partial charge in [0.25, 0.3) is 0 Å². The molecule has 0 saturated carbocycles. The summed E-state index contributed by atoms with van der Waals surface area (Å²) < 4.78 is 20.0. The molecule has 266 valence electrons.